The molecule has 0 unspecified atom stereocenters. The number of carbonyl (C=O) groups is 1. The van der Waals surface area contributed by atoms with Crippen LogP contribution in [0.15, 0.2) is 46.9 Å². The molecule has 0 bridgehead atoms. The first-order valence-corrected chi connectivity index (χ1v) is 7.67. The number of carbonyl (C=O) groups excluding carboxylic acids is 1. The second-order valence-electron chi connectivity index (χ2n) is 4.73. The topological polar surface area (TPSA) is 93.5 Å². The highest BCUT2D eigenvalue weighted by Gasteiger charge is 2.19. The minimum Gasteiger partial charge on any atom is -0.427 e. The summed E-state index contributed by atoms with van der Waals surface area (Å²) in [4.78, 5) is 21.8. The Kier molecular flexibility index (Phi) is 6.23. The molecule has 0 fully saturated rings. The van der Waals surface area contributed by atoms with Gasteiger partial charge in [0.2, 0.25) is 11.7 Å². The molecule has 1 amide bonds. The van der Waals surface area contributed by atoms with Crippen LogP contribution < -0.4 is 15.4 Å². The lowest BCUT2D eigenvalue weighted by atomic mass is 10.2. The van der Waals surface area contributed by atoms with Crippen LogP contribution in [-0.4, -0.2) is 24.0 Å². The highest BCUT2D eigenvalue weighted by Crippen LogP contribution is 2.31. The quantitative estimate of drug-likeness (QED) is 0.526. The van der Waals surface area contributed by atoms with Crippen molar-refractivity contribution in [3.05, 3.63) is 57.1 Å². The summed E-state index contributed by atoms with van der Waals surface area (Å²) in [5, 5.41) is 16.1. The molecule has 0 radical (unpaired) electrons. The average Bonchev–Trinajstić information content (AvgIpc) is 2.54. The van der Waals surface area contributed by atoms with Crippen molar-refractivity contribution in [2.24, 2.45) is 0 Å². The lowest BCUT2D eigenvalue weighted by Crippen LogP contribution is -2.21. The predicted molar refractivity (Wildman–Crippen MR) is 91.0 cm³/mol. The Labute approximate surface area is 149 Å². The van der Waals surface area contributed by atoms with Crippen molar-refractivity contribution < 1.29 is 23.2 Å². The van der Waals surface area contributed by atoms with Crippen molar-refractivity contribution in [1.82, 2.24) is 0 Å². The summed E-state index contributed by atoms with van der Waals surface area (Å²) in [5.74, 6) is -0.963. The van der Waals surface area contributed by atoms with Crippen molar-refractivity contribution in [2.45, 2.75) is 6.61 Å². The SMILES string of the molecule is O=C(CNc1ccc([N+](=O)[O-])c(OC(F)F)c1)Nc1ccc(Br)cc1. The molecule has 25 heavy (non-hydrogen) atoms. The normalized spacial score (nSPS) is 10.4. The fourth-order valence-corrected chi connectivity index (χ4v) is 2.15. The van der Waals surface area contributed by atoms with Gasteiger partial charge >= 0.3 is 12.3 Å². The third kappa shape index (κ3) is 5.68. The summed E-state index contributed by atoms with van der Waals surface area (Å²) in [6.45, 7) is -3.36. The first kappa shape index (κ1) is 18.6. The number of rotatable bonds is 7. The molecule has 2 N–H and O–H groups in total. The molecule has 2 aromatic carbocycles. The van der Waals surface area contributed by atoms with E-state index in [0.717, 1.165) is 16.6 Å². The van der Waals surface area contributed by atoms with E-state index in [2.05, 4.69) is 31.3 Å². The molecule has 0 aliphatic carbocycles. The van der Waals surface area contributed by atoms with Crippen molar-refractivity contribution in [3.63, 3.8) is 0 Å². The smallest absolute Gasteiger partial charge is 0.387 e. The molecule has 0 spiro atoms. The Morgan fingerprint density at radius 1 is 1.20 bits per heavy atom. The van der Waals surface area contributed by atoms with Gasteiger partial charge in [-0.1, -0.05) is 15.9 Å². The van der Waals surface area contributed by atoms with Gasteiger partial charge in [0.15, 0.2) is 0 Å². The molecule has 2 rings (SSSR count). The van der Waals surface area contributed by atoms with E-state index in [0.29, 0.717) is 5.69 Å². The number of benzene rings is 2. The Bertz CT molecular complexity index is 772. The molecule has 0 heterocycles. The number of halogens is 3. The minimum atomic E-state index is -3.20. The van der Waals surface area contributed by atoms with Crippen LogP contribution in [0.3, 0.4) is 0 Å². The van der Waals surface area contributed by atoms with E-state index >= 15 is 0 Å². The Morgan fingerprint density at radius 3 is 2.44 bits per heavy atom. The number of nitrogens with one attached hydrogen (secondary N) is 2. The van der Waals surface area contributed by atoms with Gasteiger partial charge in [0.05, 0.1) is 11.5 Å². The van der Waals surface area contributed by atoms with E-state index in [4.69, 9.17) is 0 Å². The van der Waals surface area contributed by atoms with Crippen LogP contribution in [0.5, 0.6) is 5.75 Å². The van der Waals surface area contributed by atoms with Gasteiger partial charge in [0.1, 0.15) is 0 Å². The van der Waals surface area contributed by atoms with Gasteiger partial charge in [0, 0.05) is 28.0 Å². The van der Waals surface area contributed by atoms with E-state index in [1.165, 1.54) is 6.07 Å². The molecule has 0 aliphatic heterocycles. The first-order chi connectivity index (χ1) is 11.8. The summed E-state index contributed by atoms with van der Waals surface area (Å²) >= 11 is 3.27. The van der Waals surface area contributed by atoms with Crippen molar-refractivity contribution >= 4 is 38.9 Å². The summed E-state index contributed by atoms with van der Waals surface area (Å²) in [6.07, 6.45) is 0. The standard InChI is InChI=1S/C15H12BrF2N3O4/c16-9-1-3-10(4-2-9)20-14(22)8-19-11-5-6-12(21(23)24)13(7-11)25-15(17)18/h1-7,15,19H,8H2,(H,20,22). The van der Waals surface area contributed by atoms with E-state index in [9.17, 15) is 23.7 Å². The number of amides is 1. The zero-order valence-electron chi connectivity index (χ0n) is 12.5. The van der Waals surface area contributed by atoms with Gasteiger partial charge in [-0.25, -0.2) is 0 Å². The molecule has 0 aliphatic rings. The average molecular weight is 416 g/mol. The molecule has 2 aromatic rings. The fourth-order valence-electron chi connectivity index (χ4n) is 1.89. The monoisotopic (exact) mass is 415 g/mol. The van der Waals surface area contributed by atoms with E-state index in [-0.39, 0.29) is 18.1 Å². The van der Waals surface area contributed by atoms with Gasteiger partial charge in [-0.3, -0.25) is 14.9 Å². The fraction of sp³-hybridized carbons (Fsp3) is 0.133. The number of hydrogen-bond donors (Lipinski definition) is 2. The zero-order valence-corrected chi connectivity index (χ0v) is 14.1. The summed E-state index contributed by atoms with van der Waals surface area (Å²) in [6, 6.07) is 10.3. The molecule has 0 saturated heterocycles. The maximum atomic E-state index is 12.3. The summed E-state index contributed by atoms with van der Waals surface area (Å²) < 4.78 is 29.7. The number of anilines is 2. The lowest BCUT2D eigenvalue weighted by molar-refractivity contribution is -0.386. The Morgan fingerprint density at radius 2 is 1.84 bits per heavy atom. The number of ether oxygens (including phenoxy) is 1. The van der Waals surface area contributed by atoms with Crippen LogP contribution >= 0.6 is 15.9 Å². The third-order valence-electron chi connectivity index (χ3n) is 2.95. The molecular weight excluding hydrogens is 404 g/mol. The molecular formula is C15H12BrF2N3O4. The van der Waals surface area contributed by atoms with Crippen LogP contribution in [-0.2, 0) is 4.79 Å². The van der Waals surface area contributed by atoms with E-state index in [1.54, 1.807) is 24.3 Å². The lowest BCUT2D eigenvalue weighted by Gasteiger charge is -2.10. The highest BCUT2D eigenvalue weighted by atomic mass is 79.9. The first-order valence-electron chi connectivity index (χ1n) is 6.87. The second-order valence-corrected chi connectivity index (χ2v) is 5.64. The number of hydrogen-bond acceptors (Lipinski definition) is 5. The Balaban J connectivity index is 2.00. The van der Waals surface area contributed by atoms with Gasteiger partial charge < -0.3 is 15.4 Å². The second kappa shape index (κ2) is 8.38. The van der Waals surface area contributed by atoms with Crippen LogP contribution in [0.2, 0.25) is 0 Å². The molecule has 7 nitrogen and oxygen atoms in total. The van der Waals surface area contributed by atoms with Crippen molar-refractivity contribution in [2.75, 3.05) is 17.2 Å². The highest BCUT2D eigenvalue weighted by molar-refractivity contribution is 9.10. The molecule has 10 heteroatoms. The number of nitrogens with zero attached hydrogens (tertiary/aromatic N) is 1. The minimum absolute atomic E-state index is 0.165. The summed E-state index contributed by atoms with van der Waals surface area (Å²) in [7, 11) is 0. The van der Waals surface area contributed by atoms with Gasteiger partial charge in [0.25, 0.3) is 0 Å². The number of nitro groups is 1. The van der Waals surface area contributed by atoms with Crippen LogP contribution in [0.25, 0.3) is 0 Å². The van der Waals surface area contributed by atoms with Gasteiger partial charge in [-0.05, 0) is 30.3 Å². The molecule has 0 saturated carbocycles. The number of alkyl halides is 2. The van der Waals surface area contributed by atoms with E-state index in [1.807, 2.05) is 0 Å². The maximum Gasteiger partial charge on any atom is 0.387 e. The Hall–Kier alpha value is -2.75. The third-order valence-corrected chi connectivity index (χ3v) is 3.48. The van der Waals surface area contributed by atoms with Crippen molar-refractivity contribution in [1.29, 1.82) is 0 Å². The predicted octanol–water partition coefficient (Wildman–Crippen LogP) is 4.01. The van der Waals surface area contributed by atoms with Crippen LogP contribution in [0, 0.1) is 10.1 Å². The van der Waals surface area contributed by atoms with Gasteiger partial charge in [-0.15, -0.1) is 0 Å². The van der Waals surface area contributed by atoms with Crippen LogP contribution in [0.1, 0.15) is 0 Å². The van der Waals surface area contributed by atoms with Crippen molar-refractivity contribution in [3.8, 4) is 5.75 Å². The zero-order chi connectivity index (χ0) is 18.4. The maximum absolute atomic E-state index is 12.3. The van der Waals surface area contributed by atoms with E-state index < -0.39 is 23.0 Å². The molecule has 0 aromatic heterocycles. The number of nitro benzene ring substituents is 1. The molecule has 132 valence electrons. The summed E-state index contributed by atoms with van der Waals surface area (Å²) in [5.41, 5.74) is 0.220. The van der Waals surface area contributed by atoms with Gasteiger partial charge in [-0.2, -0.15) is 8.78 Å². The molecule has 0 atom stereocenters. The van der Waals surface area contributed by atoms with Crippen LogP contribution in [0.4, 0.5) is 25.8 Å². The largest absolute Gasteiger partial charge is 0.427 e.